The fourth-order valence-electron chi connectivity index (χ4n) is 3.60. The Morgan fingerprint density at radius 2 is 2.00 bits per heavy atom. The van der Waals surface area contributed by atoms with Crippen molar-refractivity contribution in [1.29, 1.82) is 0 Å². The number of aryl methyl sites for hydroxylation is 1. The van der Waals surface area contributed by atoms with Gasteiger partial charge in [0.2, 0.25) is 5.88 Å². The fraction of sp³-hybridized carbons (Fsp3) is 0.250. The highest BCUT2D eigenvalue weighted by Crippen LogP contribution is 2.42. The fourth-order valence-corrected chi connectivity index (χ4v) is 3.60. The number of fused-ring (bicyclic) bond motifs is 1. The first-order chi connectivity index (χ1) is 13.8. The smallest absolute Gasteiger partial charge is 0.419 e. The second kappa shape index (κ2) is 7.00. The van der Waals surface area contributed by atoms with Crippen molar-refractivity contribution < 1.29 is 32.5 Å². The minimum Gasteiger partial charge on any atom is -0.492 e. The van der Waals surface area contributed by atoms with Crippen LogP contribution in [-0.2, 0) is 19.2 Å². The predicted molar refractivity (Wildman–Crippen MR) is 95.0 cm³/mol. The summed E-state index contributed by atoms with van der Waals surface area (Å²) in [5.41, 5.74) is 0.939. The average Bonchev–Trinajstić information content (AvgIpc) is 3.22. The Morgan fingerprint density at radius 1 is 1.21 bits per heavy atom. The zero-order chi connectivity index (χ0) is 20.8. The number of aromatic hydroxyl groups is 1. The van der Waals surface area contributed by atoms with E-state index in [0.29, 0.717) is 18.6 Å². The Kier molecular flexibility index (Phi) is 4.62. The molecular weight excluding hydrogens is 391 g/mol. The zero-order valence-corrected chi connectivity index (χ0v) is 14.9. The van der Waals surface area contributed by atoms with Crippen LogP contribution < -0.4 is 10.5 Å². The summed E-state index contributed by atoms with van der Waals surface area (Å²) in [4.78, 5) is 13.5. The Bertz CT molecular complexity index is 1120. The van der Waals surface area contributed by atoms with Gasteiger partial charge in [-0.15, -0.1) is 0 Å². The number of ether oxygens (including phenoxy) is 1. The first-order valence-electron chi connectivity index (χ1n) is 8.80. The largest absolute Gasteiger partial charge is 0.492 e. The van der Waals surface area contributed by atoms with Crippen LogP contribution in [0.3, 0.4) is 0 Å². The van der Waals surface area contributed by atoms with E-state index in [1.165, 1.54) is 6.07 Å². The van der Waals surface area contributed by atoms with Crippen LogP contribution in [0.2, 0.25) is 0 Å². The summed E-state index contributed by atoms with van der Waals surface area (Å²) in [6.07, 6.45) is -3.25. The molecule has 0 amide bonds. The van der Waals surface area contributed by atoms with E-state index in [2.05, 4.69) is 4.98 Å². The van der Waals surface area contributed by atoms with Crippen LogP contribution in [0.1, 0.15) is 40.4 Å². The van der Waals surface area contributed by atoms with Gasteiger partial charge in [0.05, 0.1) is 12.2 Å². The molecule has 0 fully saturated rings. The monoisotopic (exact) mass is 407 g/mol. The van der Waals surface area contributed by atoms with Crippen LogP contribution in [0.25, 0.3) is 0 Å². The van der Waals surface area contributed by atoms with E-state index in [4.69, 9.17) is 9.15 Å². The SMILES string of the molecule is O=c1[nH]c(O)c([C@@H]2CCc3cc(Oc4ccc(C(F)(F)F)cc4CO)ccc32)o1. The van der Waals surface area contributed by atoms with Gasteiger partial charge in [-0.2, -0.15) is 13.2 Å². The summed E-state index contributed by atoms with van der Waals surface area (Å²) in [6.45, 7) is -0.599. The molecule has 6 nitrogen and oxygen atoms in total. The average molecular weight is 407 g/mol. The molecule has 0 spiro atoms. The summed E-state index contributed by atoms with van der Waals surface area (Å²) in [5, 5.41) is 19.2. The topological polar surface area (TPSA) is 95.7 Å². The number of aromatic amines is 1. The Hall–Kier alpha value is -3.20. The van der Waals surface area contributed by atoms with Gasteiger partial charge in [0.25, 0.3) is 0 Å². The molecule has 0 bridgehead atoms. The number of aliphatic hydroxyl groups excluding tert-OH is 1. The molecule has 1 heterocycles. The van der Waals surface area contributed by atoms with Crippen LogP contribution in [0.5, 0.6) is 17.4 Å². The van der Waals surface area contributed by atoms with E-state index in [1.54, 1.807) is 18.2 Å². The molecule has 1 aromatic heterocycles. The van der Waals surface area contributed by atoms with Crippen LogP contribution in [0.4, 0.5) is 13.2 Å². The number of hydrogen-bond donors (Lipinski definition) is 3. The quantitative estimate of drug-likeness (QED) is 0.606. The van der Waals surface area contributed by atoms with Crippen LogP contribution in [-0.4, -0.2) is 15.2 Å². The van der Waals surface area contributed by atoms with Gasteiger partial charge in [0.15, 0.2) is 5.76 Å². The van der Waals surface area contributed by atoms with Gasteiger partial charge >= 0.3 is 11.9 Å². The number of benzene rings is 2. The number of H-pyrrole nitrogens is 1. The number of halogens is 3. The molecule has 0 aliphatic heterocycles. The highest BCUT2D eigenvalue weighted by Gasteiger charge is 2.32. The van der Waals surface area contributed by atoms with Gasteiger partial charge in [-0.1, -0.05) is 6.07 Å². The van der Waals surface area contributed by atoms with Gasteiger partial charge in [-0.05, 0) is 54.3 Å². The second-order valence-electron chi connectivity index (χ2n) is 6.76. The maximum atomic E-state index is 12.8. The number of aromatic nitrogens is 1. The van der Waals surface area contributed by atoms with Gasteiger partial charge in [0, 0.05) is 11.5 Å². The van der Waals surface area contributed by atoms with Crippen molar-refractivity contribution in [3.63, 3.8) is 0 Å². The van der Waals surface area contributed by atoms with Crippen molar-refractivity contribution in [2.45, 2.75) is 31.5 Å². The van der Waals surface area contributed by atoms with Gasteiger partial charge in [-0.25, -0.2) is 4.79 Å². The minimum absolute atomic E-state index is 0.0252. The highest BCUT2D eigenvalue weighted by atomic mass is 19.4. The van der Waals surface area contributed by atoms with Crippen molar-refractivity contribution >= 4 is 0 Å². The second-order valence-corrected chi connectivity index (χ2v) is 6.76. The van der Waals surface area contributed by atoms with Crippen LogP contribution in [0, 0.1) is 0 Å². The molecule has 4 rings (SSSR count). The lowest BCUT2D eigenvalue weighted by atomic mass is 9.99. The normalized spacial score (nSPS) is 16.1. The summed E-state index contributed by atoms with van der Waals surface area (Å²) in [5.74, 6) is -0.608. The number of oxazole rings is 1. The van der Waals surface area contributed by atoms with Crippen molar-refractivity contribution in [2.75, 3.05) is 0 Å². The molecule has 0 saturated heterocycles. The van der Waals surface area contributed by atoms with Gasteiger partial charge < -0.3 is 19.4 Å². The minimum atomic E-state index is -4.51. The van der Waals surface area contributed by atoms with Crippen molar-refractivity contribution in [2.24, 2.45) is 0 Å². The maximum absolute atomic E-state index is 12.8. The zero-order valence-electron chi connectivity index (χ0n) is 14.9. The highest BCUT2D eigenvalue weighted by molar-refractivity contribution is 5.47. The van der Waals surface area contributed by atoms with Crippen LogP contribution >= 0.6 is 0 Å². The molecule has 3 N–H and O–H groups in total. The summed E-state index contributed by atoms with van der Waals surface area (Å²) >= 11 is 0. The van der Waals surface area contributed by atoms with Gasteiger partial charge in [-0.3, -0.25) is 4.98 Å². The Labute approximate surface area is 162 Å². The number of rotatable bonds is 4. The van der Waals surface area contributed by atoms with E-state index in [9.17, 15) is 28.2 Å². The molecule has 1 atom stereocenters. The lowest BCUT2D eigenvalue weighted by molar-refractivity contribution is -0.137. The third-order valence-corrected chi connectivity index (χ3v) is 4.95. The van der Waals surface area contributed by atoms with E-state index in [0.717, 1.165) is 23.3 Å². The molecule has 9 heteroatoms. The standard InChI is InChI=1S/C20H16F3NO5/c21-20(22,23)12-2-6-16(11(7-12)9-25)28-13-3-5-14-10(8-13)1-4-15(14)17-18(26)24-19(27)29-17/h2-3,5-8,15,25-26H,1,4,9H2,(H,24,27)/t15-/m1/s1. The lowest BCUT2D eigenvalue weighted by Crippen LogP contribution is -2.06. The van der Waals surface area contributed by atoms with Crippen molar-refractivity contribution in [1.82, 2.24) is 4.98 Å². The Morgan fingerprint density at radius 3 is 2.66 bits per heavy atom. The molecule has 0 radical (unpaired) electrons. The Balaban J connectivity index is 1.61. The molecule has 29 heavy (non-hydrogen) atoms. The van der Waals surface area contributed by atoms with Gasteiger partial charge in [0.1, 0.15) is 11.5 Å². The lowest BCUT2D eigenvalue weighted by Gasteiger charge is -2.14. The first kappa shape index (κ1) is 19.1. The first-order valence-corrected chi connectivity index (χ1v) is 8.80. The third kappa shape index (κ3) is 3.61. The molecule has 2 aromatic carbocycles. The van der Waals surface area contributed by atoms with Crippen LogP contribution in [0.15, 0.2) is 45.6 Å². The summed E-state index contributed by atoms with van der Waals surface area (Å²) in [7, 11) is 0. The van der Waals surface area contributed by atoms with E-state index in [-0.39, 0.29) is 28.9 Å². The molecule has 152 valence electrons. The number of aliphatic hydroxyl groups is 1. The summed E-state index contributed by atoms with van der Waals surface area (Å²) < 4.78 is 49.3. The number of alkyl halides is 3. The molecule has 3 aromatic rings. The molecule has 0 saturated carbocycles. The maximum Gasteiger partial charge on any atom is 0.419 e. The molecule has 0 unspecified atom stereocenters. The van der Waals surface area contributed by atoms with E-state index in [1.807, 2.05) is 0 Å². The van der Waals surface area contributed by atoms with E-state index >= 15 is 0 Å². The number of nitrogens with one attached hydrogen (secondary N) is 1. The predicted octanol–water partition coefficient (Wildman–Crippen LogP) is 4.06. The third-order valence-electron chi connectivity index (χ3n) is 4.95. The molecule has 1 aliphatic carbocycles. The van der Waals surface area contributed by atoms with Crippen molar-refractivity contribution in [3.05, 3.63) is 75.0 Å². The summed E-state index contributed by atoms with van der Waals surface area (Å²) in [6, 6.07) is 8.08. The molecule has 1 aliphatic rings. The number of hydrogen-bond acceptors (Lipinski definition) is 5. The van der Waals surface area contributed by atoms with E-state index < -0.39 is 24.1 Å². The van der Waals surface area contributed by atoms with Crippen molar-refractivity contribution in [3.8, 4) is 17.4 Å². The molecular formula is C20H16F3NO5.